The zero-order chi connectivity index (χ0) is 18.4. The smallest absolute Gasteiger partial charge is 0.227 e. The Kier molecular flexibility index (Phi) is 6.42. The molecule has 134 valence electrons. The fourth-order valence-corrected chi connectivity index (χ4v) is 2.27. The van der Waals surface area contributed by atoms with E-state index >= 15 is 0 Å². The summed E-state index contributed by atoms with van der Waals surface area (Å²) < 4.78 is 5.75. The Bertz CT molecular complexity index is 680. The first-order valence-electron chi connectivity index (χ1n) is 8.37. The maximum Gasteiger partial charge on any atom is 0.227 e. The first-order valence-corrected chi connectivity index (χ1v) is 8.37. The van der Waals surface area contributed by atoms with E-state index < -0.39 is 6.10 Å². The van der Waals surface area contributed by atoms with Crippen LogP contribution in [0, 0.1) is 11.8 Å². The van der Waals surface area contributed by atoms with Gasteiger partial charge < -0.3 is 20.3 Å². The van der Waals surface area contributed by atoms with Crippen LogP contribution in [0.4, 0.5) is 5.69 Å². The number of amides is 1. The molecule has 0 saturated heterocycles. The molecular weight excluding hydrogens is 318 g/mol. The van der Waals surface area contributed by atoms with Gasteiger partial charge in [0.15, 0.2) is 0 Å². The molecule has 5 nitrogen and oxygen atoms in total. The van der Waals surface area contributed by atoms with Gasteiger partial charge >= 0.3 is 0 Å². The molecule has 3 N–H and O–H groups in total. The third-order valence-corrected chi connectivity index (χ3v) is 4.28. The van der Waals surface area contributed by atoms with E-state index in [1.165, 1.54) is 12.1 Å². The number of hydrogen-bond acceptors (Lipinski definition) is 4. The van der Waals surface area contributed by atoms with Crippen molar-refractivity contribution in [2.45, 2.75) is 26.9 Å². The van der Waals surface area contributed by atoms with Crippen molar-refractivity contribution in [2.24, 2.45) is 11.8 Å². The topological polar surface area (TPSA) is 78.8 Å². The average molecular weight is 343 g/mol. The minimum absolute atomic E-state index is 0.0218. The number of carbonyl (C=O) groups is 1. The van der Waals surface area contributed by atoms with Crippen LogP contribution in [0.3, 0.4) is 0 Å². The van der Waals surface area contributed by atoms with Gasteiger partial charge in [0.25, 0.3) is 0 Å². The number of carbonyl (C=O) groups excluding carboxylic acids is 1. The normalized spacial score (nSPS) is 14.4. The van der Waals surface area contributed by atoms with Crippen molar-refractivity contribution in [1.29, 1.82) is 0 Å². The number of benzene rings is 2. The number of phenols is 1. The number of hydrogen-bond donors (Lipinski definition) is 3. The zero-order valence-electron chi connectivity index (χ0n) is 14.8. The van der Waals surface area contributed by atoms with E-state index in [1.807, 2.05) is 38.1 Å². The lowest BCUT2D eigenvalue weighted by atomic mass is 9.96. The maximum absolute atomic E-state index is 12.3. The quantitative estimate of drug-likeness (QED) is 0.669. The molecule has 0 aliphatic rings. The third kappa shape index (κ3) is 5.50. The van der Waals surface area contributed by atoms with E-state index in [-0.39, 0.29) is 23.5 Å². The van der Waals surface area contributed by atoms with E-state index in [1.54, 1.807) is 19.1 Å². The molecule has 0 fully saturated rings. The van der Waals surface area contributed by atoms with Crippen LogP contribution in [-0.4, -0.2) is 22.7 Å². The van der Waals surface area contributed by atoms with Gasteiger partial charge in [-0.2, -0.15) is 0 Å². The van der Waals surface area contributed by atoms with Crippen LogP contribution >= 0.6 is 0 Å². The first-order chi connectivity index (χ1) is 11.9. The van der Waals surface area contributed by atoms with Crippen LogP contribution in [0.1, 0.15) is 32.4 Å². The van der Waals surface area contributed by atoms with Gasteiger partial charge in [0.05, 0.1) is 12.7 Å². The van der Waals surface area contributed by atoms with Crippen LogP contribution in [0.25, 0.3) is 0 Å². The average Bonchev–Trinajstić information content (AvgIpc) is 2.61. The highest BCUT2D eigenvalue weighted by molar-refractivity contribution is 5.92. The standard InChI is InChI=1S/C20H25NO4/c1-13(12-25-19-10-4-16(5-11-19)15(3)22)14(2)20(24)21-17-6-8-18(23)9-7-17/h4-11,13-15,22-23H,12H2,1-3H3,(H,21,24). The predicted molar refractivity (Wildman–Crippen MR) is 97.6 cm³/mol. The van der Waals surface area contributed by atoms with Gasteiger partial charge in [-0.15, -0.1) is 0 Å². The molecule has 2 rings (SSSR count). The fraction of sp³-hybridized carbons (Fsp3) is 0.350. The van der Waals surface area contributed by atoms with Gasteiger partial charge in [0, 0.05) is 17.5 Å². The van der Waals surface area contributed by atoms with Crippen molar-refractivity contribution < 1.29 is 19.7 Å². The van der Waals surface area contributed by atoms with Crippen molar-refractivity contribution in [3.8, 4) is 11.5 Å². The van der Waals surface area contributed by atoms with Crippen molar-refractivity contribution in [3.63, 3.8) is 0 Å². The second-order valence-electron chi connectivity index (χ2n) is 6.36. The summed E-state index contributed by atoms with van der Waals surface area (Å²) in [6.45, 7) is 5.95. The molecule has 2 aromatic rings. The van der Waals surface area contributed by atoms with Crippen molar-refractivity contribution in [2.75, 3.05) is 11.9 Å². The number of ether oxygens (including phenoxy) is 1. The molecule has 0 bridgehead atoms. The summed E-state index contributed by atoms with van der Waals surface area (Å²) in [6.07, 6.45) is -0.503. The van der Waals surface area contributed by atoms with Gasteiger partial charge in [0.2, 0.25) is 5.91 Å². The number of nitrogens with one attached hydrogen (secondary N) is 1. The number of rotatable bonds is 7. The van der Waals surface area contributed by atoms with E-state index in [4.69, 9.17) is 4.74 Å². The van der Waals surface area contributed by atoms with Crippen LogP contribution in [-0.2, 0) is 4.79 Å². The summed E-state index contributed by atoms with van der Waals surface area (Å²) in [6, 6.07) is 13.7. The molecule has 3 unspecified atom stereocenters. The van der Waals surface area contributed by atoms with Crippen molar-refractivity contribution >= 4 is 11.6 Å². The molecule has 2 aromatic carbocycles. The van der Waals surface area contributed by atoms with Gasteiger partial charge in [-0.05, 0) is 48.9 Å². The Labute approximate surface area is 148 Å². The number of anilines is 1. The zero-order valence-corrected chi connectivity index (χ0v) is 14.8. The lowest BCUT2D eigenvalue weighted by Gasteiger charge is -2.20. The molecule has 25 heavy (non-hydrogen) atoms. The molecule has 0 radical (unpaired) electrons. The fourth-order valence-electron chi connectivity index (χ4n) is 2.27. The molecule has 3 atom stereocenters. The first kappa shape index (κ1) is 18.8. The Morgan fingerprint density at radius 3 is 2.20 bits per heavy atom. The predicted octanol–water partition coefficient (Wildman–Crippen LogP) is 3.74. The minimum Gasteiger partial charge on any atom is -0.508 e. The molecule has 0 spiro atoms. The molecule has 1 amide bonds. The molecular formula is C20H25NO4. The van der Waals surface area contributed by atoms with Gasteiger partial charge in [-0.3, -0.25) is 4.79 Å². The lowest BCUT2D eigenvalue weighted by Crippen LogP contribution is -2.28. The van der Waals surface area contributed by atoms with Crippen molar-refractivity contribution in [1.82, 2.24) is 0 Å². The summed E-state index contributed by atoms with van der Waals surface area (Å²) in [4.78, 5) is 12.3. The van der Waals surface area contributed by atoms with Gasteiger partial charge in [-0.25, -0.2) is 0 Å². The summed E-state index contributed by atoms with van der Waals surface area (Å²) in [5, 5.41) is 21.6. The molecule has 0 saturated carbocycles. The number of aliphatic hydroxyl groups is 1. The highest BCUT2D eigenvalue weighted by Crippen LogP contribution is 2.21. The minimum atomic E-state index is -0.503. The summed E-state index contributed by atoms with van der Waals surface area (Å²) in [5.41, 5.74) is 1.48. The third-order valence-electron chi connectivity index (χ3n) is 4.28. The highest BCUT2D eigenvalue weighted by atomic mass is 16.5. The van der Waals surface area contributed by atoms with E-state index in [0.29, 0.717) is 18.0 Å². The lowest BCUT2D eigenvalue weighted by molar-refractivity contribution is -0.121. The van der Waals surface area contributed by atoms with Crippen LogP contribution in [0.2, 0.25) is 0 Å². The molecule has 0 aliphatic heterocycles. The second-order valence-corrected chi connectivity index (χ2v) is 6.36. The summed E-state index contributed by atoms with van der Waals surface area (Å²) in [5.74, 6) is 0.571. The summed E-state index contributed by atoms with van der Waals surface area (Å²) in [7, 11) is 0. The second kappa shape index (κ2) is 8.53. The van der Waals surface area contributed by atoms with Crippen LogP contribution < -0.4 is 10.1 Å². The molecule has 0 heterocycles. The largest absolute Gasteiger partial charge is 0.508 e. The summed E-state index contributed by atoms with van der Waals surface area (Å²) >= 11 is 0. The number of phenolic OH excluding ortho intramolecular Hbond substituents is 1. The van der Waals surface area contributed by atoms with E-state index in [0.717, 1.165) is 5.56 Å². The van der Waals surface area contributed by atoms with E-state index in [9.17, 15) is 15.0 Å². The Morgan fingerprint density at radius 2 is 1.64 bits per heavy atom. The Hall–Kier alpha value is -2.53. The monoisotopic (exact) mass is 343 g/mol. The molecule has 0 aromatic heterocycles. The highest BCUT2D eigenvalue weighted by Gasteiger charge is 2.21. The molecule has 0 aliphatic carbocycles. The number of aliphatic hydroxyl groups excluding tert-OH is 1. The van der Waals surface area contributed by atoms with E-state index in [2.05, 4.69) is 5.32 Å². The van der Waals surface area contributed by atoms with Gasteiger partial charge in [0.1, 0.15) is 11.5 Å². The molecule has 5 heteroatoms. The van der Waals surface area contributed by atoms with Crippen LogP contribution in [0.5, 0.6) is 11.5 Å². The maximum atomic E-state index is 12.3. The Balaban J connectivity index is 1.85. The number of aromatic hydroxyl groups is 1. The Morgan fingerprint density at radius 1 is 1.04 bits per heavy atom. The van der Waals surface area contributed by atoms with Crippen molar-refractivity contribution in [3.05, 3.63) is 54.1 Å². The van der Waals surface area contributed by atoms with Gasteiger partial charge in [-0.1, -0.05) is 26.0 Å². The van der Waals surface area contributed by atoms with Crippen LogP contribution in [0.15, 0.2) is 48.5 Å². The SMILES string of the molecule is CC(O)c1ccc(OCC(C)C(C)C(=O)Nc2ccc(O)cc2)cc1.